The van der Waals surface area contributed by atoms with E-state index in [4.69, 9.17) is 4.98 Å². The Hall–Kier alpha value is -1.67. The van der Waals surface area contributed by atoms with Crippen molar-refractivity contribution in [3.05, 3.63) is 52.5 Å². The summed E-state index contributed by atoms with van der Waals surface area (Å²) in [6.07, 6.45) is 0. The second kappa shape index (κ2) is 11.1. The Labute approximate surface area is 197 Å². The molecule has 8 heteroatoms. The van der Waals surface area contributed by atoms with Crippen LogP contribution < -0.4 is 9.80 Å². The molecule has 0 saturated heterocycles. The first-order chi connectivity index (χ1) is 13.9. The van der Waals surface area contributed by atoms with Gasteiger partial charge in [-0.3, -0.25) is 9.69 Å². The van der Waals surface area contributed by atoms with E-state index >= 15 is 0 Å². The lowest BCUT2D eigenvalue weighted by Gasteiger charge is -2.23. The lowest BCUT2D eigenvalue weighted by Crippen LogP contribution is -2.36. The summed E-state index contributed by atoms with van der Waals surface area (Å²) in [6.45, 7) is 7.52. The van der Waals surface area contributed by atoms with Crippen LogP contribution in [0.1, 0.15) is 24.2 Å². The molecule has 0 aliphatic carbocycles. The number of carbonyl (C=O) groups is 1. The maximum Gasteiger partial charge on any atom is 0.260 e. The molecule has 162 valence electrons. The normalized spacial score (nSPS) is 10.9. The number of thiazole rings is 1. The van der Waals surface area contributed by atoms with Gasteiger partial charge >= 0.3 is 0 Å². The van der Waals surface area contributed by atoms with Crippen molar-refractivity contribution in [3.8, 4) is 0 Å². The highest BCUT2D eigenvalue weighted by molar-refractivity contribution is 9.10. The molecule has 3 aromatic rings. The largest absolute Gasteiger partial charge is 0.372 e. The Bertz CT molecular complexity index is 973. The first-order valence-corrected chi connectivity index (χ1v) is 11.4. The van der Waals surface area contributed by atoms with Gasteiger partial charge in [0.25, 0.3) is 5.91 Å². The van der Waals surface area contributed by atoms with Crippen LogP contribution in [0.2, 0.25) is 0 Å². The summed E-state index contributed by atoms with van der Waals surface area (Å²) in [5, 5.41) is 0.734. The molecule has 30 heavy (non-hydrogen) atoms. The Morgan fingerprint density at radius 2 is 1.70 bits per heavy atom. The van der Waals surface area contributed by atoms with Crippen LogP contribution in [0.5, 0.6) is 0 Å². The first-order valence-electron chi connectivity index (χ1n) is 9.80. The van der Waals surface area contributed by atoms with Gasteiger partial charge in [-0.05, 0) is 70.4 Å². The molecule has 0 bridgehead atoms. The first kappa shape index (κ1) is 24.6. The average molecular weight is 512 g/mol. The van der Waals surface area contributed by atoms with Gasteiger partial charge in [0.05, 0.1) is 10.2 Å². The van der Waals surface area contributed by atoms with E-state index in [0.717, 1.165) is 45.1 Å². The number of anilines is 2. The number of fused-ring (bicyclic) bond motifs is 1. The number of likely N-dealkylation sites (N-methyl/N-ethyl adjacent to an activating group) is 1. The van der Waals surface area contributed by atoms with Gasteiger partial charge in [0.2, 0.25) is 0 Å². The highest BCUT2D eigenvalue weighted by Gasteiger charge is 2.21. The van der Waals surface area contributed by atoms with E-state index in [9.17, 15) is 4.79 Å². The SMILES string of the molecule is CCN(CC)c1ccc(C(=O)N(CCN(C)C)c2nc3ccc(Br)cc3s2)cc1.Cl. The summed E-state index contributed by atoms with van der Waals surface area (Å²) in [7, 11) is 4.02. The molecule has 5 nitrogen and oxygen atoms in total. The Balaban J connectivity index is 0.00000320. The van der Waals surface area contributed by atoms with Crippen molar-refractivity contribution in [3.63, 3.8) is 0 Å². The predicted octanol–water partition coefficient (Wildman–Crippen LogP) is 5.54. The number of nitrogens with zero attached hydrogens (tertiary/aromatic N) is 4. The van der Waals surface area contributed by atoms with Gasteiger partial charge in [0.1, 0.15) is 0 Å². The van der Waals surface area contributed by atoms with E-state index in [1.54, 1.807) is 16.2 Å². The molecule has 0 N–H and O–H groups in total. The molecular weight excluding hydrogens is 484 g/mol. The fourth-order valence-corrected chi connectivity index (χ4v) is 4.69. The van der Waals surface area contributed by atoms with E-state index in [1.165, 1.54) is 0 Å². The third kappa shape index (κ3) is 5.72. The molecule has 0 radical (unpaired) electrons. The molecule has 0 aliphatic rings. The second-order valence-corrected chi connectivity index (χ2v) is 9.01. The van der Waals surface area contributed by atoms with Crippen LogP contribution >= 0.6 is 39.7 Å². The molecule has 0 fully saturated rings. The minimum atomic E-state index is -0.0175. The van der Waals surface area contributed by atoms with Crippen LogP contribution in [-0.2, 0) is 0 Å². The molecule has 0 aliphatic heterocycles. The minimum absolute atomic E-state index is 0. The van der Waals surface area contributed by atoms with Crippen molar-refractivity contribution in [2.45, 2.75) is 13.8 Å². The fraction of sp³-hybridized carbons (Fsp3) is 0.364. The summed E-state index contributed by atoms with van der Waals surface area (Å²) in [5.74, 6) is -0.0175. The quantitative estimate of drug-likeness (QED) is 0.398. The van der Waals surface area contributed by atoms with Gasteiger partial charge in [0, 0.05) is 41.9 Å². The van der Waals surface area contributed by atoms with E-state index in [1.807, 2.05) is 56.6 Å². The number of hydrogen-bond acceptors (Lipinski definition) is 5. The van der Waals surface area contributed by atoms with E-state index in [2.05, 4.69) is 39.6 Å². The lowest BCUT2D eigenvalue weighted by atomic mass is 10.1. The highest BCUT2D eigenvalue weighted by Crippen LogP contribution is 2.31. The molecule has 0 saturated carbocycles. The number of aromatic nitrogens is 1. The molecule has 1 heterocycles. The van der Waals surface area contributed by atoms with Gasteiger partial charge in [0.15, 0.2) is 5.13 Å². The van der Waals surface area contributed by atoms with Crippen molar-refractivity contribution in [1.29, 1.82) is 0 Å². The number of amides is 1. The van der Waals surface area contributed by atoms with Crippen LogP contribution in [0.15, 0.2) is 46.9 Å². The monoisotopic (exact) mass is 510 g/mol. The maximum atomic E-state index is 13.4. The highest BCUT2D eigenvalue weighted by atomic mass is 79.9. The molecule has 0 spiro atoms. The van der Waals surface area contributed by atoms with Crippen LogP contribution in [0.3, 0.4) is 0 Å². The van der Waals surface area contributed by atoms with Gasteiger partial charge in [-0.1, -0.05) is 27.3 Å². The zero-order valence-corrected chi connectivity index (χ0v) is 21.0. The van der Waals surface area contributed by atoms with Crippen LogP contribution in [0.4, 0.5) is 10.8 Å². The molecule has 2 aromatic carbocycles. The lowest BCUT2D eigenvalue weighted by molar-refractivity contribution is 0.0985. The Morgan fingerprint density at radius 3 is 2.30 bits per heavy atom. The Kier molecular flexibility index (Phi) is 9.09. The molecular formula is C22H28BrClN4OS. The zero-order chi connectivity index (χ0) is 21.0. The number of halogens is 2. The summed E-state index contributed by atoms with van der Waals surface area (Å²) in [4.78, 5) is 24.2. The summed E-state index contributed by atoms with van der Waals surface area (Å²) < 4.78 is 2.08. The molecule has 0 atom stereocenters. The van der Waals surface area contributed by atoms with Crippen LogP contribution in [-0.4, -0.2) is 56.1 Å². The molecule has 3 rings (SSSR count). The zero-order valence-electron chi connectivity index (χ0n) is 17.8. The van der Waals surface area contributed by atoms with E-state index < -0.39 is 0 Å². The van der Waals surface area contributed by atoms with Gasteiger partial charge in [-0.15, -0.1) is 12.4 Å². The van der Waals surface area contributed by atoms with Crippen molar-refractivity contribution in [1.82, 2.24) is 9.88 Å². The van der Waals surface area contributed by atoms with Crippen molar-refractivity contribution in [2.75, 3.05) is 50.1 Å². The smallest absolute Gasteiger partial charge is 0.260 e. The Morgan fingerprint density at radius 1 is 1.03 bits per heavy atom. The summed E-state index contributed by atoms with van der Waals surface area (Å²) >= 11 is 5.06. The van der Waals surface area contributed by atoms with Crippen molar-refractivity contribution >= 4 is 66.6 Å². The number of carbonyl (C=O) groups excluding carboxylic acids is 1. The minimum Gasteiger partial charge on any atom is -0.372 e. The fourth-order valence-electron chi connectivity index (χ4n) is 3.15. The molecule has 1 amide bonds. The molecule has 1 aromatic heterocycles. The maximum absolute atomic E-state index is 13.4. The number of hydrogen-bond donors (Lipinski definition) is 0. The van der Waals surface area contributed by atoms with E-state index in [-0.39, 0.29) is 18.3 Å². The van der Waals surface area contributed by atoms with E-state index in [0.29, 0.717) is 12.1 Å². The van der Waals surface area contributed by atoms with Gasteiger partial charge in [-0.25, -0.2) is 4.98 Å². The van der Waals surface area contributed by atoms with Crippen molar-refractivity contribution in [2.24, 2.45) is 0 Å². The number of benzene rings is 2. The van der Waals surface area contributed by atoms with Crippen molar-refractivity contribution < 1.29 is 4.79 Å². The predicted molar refractivity (Wildman–Crippen MR) is 135 cm³/mol. The summed E-state index contributed by atoms with van der Waals surface area (Å²) in [5.41, 5.74) is 2.73. The standard InChI is InChI=1S/C22H27BrN4OS.ClH/c1-5-26(6-2)18-10-7-16(8-11-18)21(28)27(14-13-25(3)4)22-24-19-12-9-17(23)15-20(19)29-22;/h7-12,15H,5-6,13-14H2,1-4H3;1H. The van der Waals surface area contributed by atoms with Gasteiger partial charge in [-0.2, -0.15) is 0 Å². The van der Waals surface area contributed by atoms with Crippen LogP contribution in [0.25, 0.3) is 10.2 Å². The average Bonchev–Trinajstić information content (AvgIpc) is 3.12. The van der Waals surface area contributed by atoms with Crippen LogP contribution in [0, 0.1) is 0 Å². The third-order valence-corrected chi connectivity index (χ3v) is 6.36. The second-order valence-electron chi connectivity index (χ2n) is 7.09. The molecule has 0 unspecified atom stereocenters. The topological polar surface area (TPSA) is 39.7 Å². The number of rotatable bonds is 8. The van der Waals surface area contributed by atoms with Gasteiger partial charge < -0.3 is 9.80 Å². The third-order valence-electron chi connectivity index (χ3n) is 4.83. The summed E-state index contributed by atoms with van der Waals surface area (Å²) in [6, 6.07) is 13.9.